The molecular weight excluding hydrogens is 206 g/mol. The van der Waals surface area contributed by atoms with E-state index in [4.69, 9.17) is 4.74 Å². The number of aliphatic carboxylic acids is 1. The van der Waals surface area contributed by atoms with Crippen LogP contribution in [0.2, 0.25) is 0 Å². The monoisotopic (exact) mass is 227 g/mol. The van der Waals surface area contributed by atoms with Crippen molar-refractivity contribution in [2.45, 2.75) is 44.2 Å². The van der Waals surface area contributed by atoms with Crippen LogP contribution in [0.4, 0.5) is 0 Å². The van der Waals surface area contributed by atoms with Crippen LogP contribution >= 0.6 is 0 Å². The minimum atomic E-state index is -0.807. The highest BCUT2D eigenvalue weighted by atomic mass is 16.5. The van der Waals surface area contributed by atoms with Crippen LogP contribution in [0.3, 0.4) is 0 Å². The molecule has 0 aromatic carbocycles. The fourth-order valence-corrected chi connectivity index (χ4v) is 3.30. The van der Waals surface area contributed by atoms with E-state index in [1.165, 1.54) is 20.0 Å². The number of methoxy groups -OCH3 is 1. The van der Waals surface area contributed by atoms with Crippen molar-refractivity contribution in [3.05, 3.63) is 0 Å². The maximum Gasteiger partial charge on any atom is 0.333 e. The van der Waals surface area contributed by atoms with E-state index in [-0.39, 0.29) is 5.41 Å². The molecule has 1 aliphatic carbocycles. The summed E-state index contributed by atoms with van der Waals surface area (Å²) in [6.07, 6.45) is 4.92. The van der Waals surface area contributed by atoms with Gasteiger partial charge in [-0.2, -0.15) is 0 Å². The lowest BCUT2D eigenvalue weighted by atomic mass is 9.83. The fraction of sp³-hybridized carbons (Fsp3) is 0.917. The van der Waals surface area contributed by atoms with Gasteiger partial charge in [-0.05, 0) is 39.3 Å². The number of nitrogens with zero attached hydrogens (tertiary/aromatic N) is 1. The number of ether oxygens (including phenoxy) is 1. The van der Waals surface area contributed by atoms with Crippen molar-refractivity contribution in [2.75, 3.05) is 20.7 Å². The molecule has 16 heavy (non-hydrogen) atoms. The van der Waals surface area contributed by atoms with Gasteiger partial charge in [-0.15, -0.1) is 0 Å². The molecule has 0 radical (unpaired) electrons. The Morgan fingerprint density at radius 2 is 2.19 bits per heavy atom. The summed E-state index contributed by atoms with van der Waals surface area (Å²) in [5.41, 5.74) is -0.115. The second kappa shape index (κ2) is 4.34. The Labute approximate surface area is 96.6 Å². The van der Waals surface area contributed by atoms with Gasteiger partial charge in [-0.3, -0.25) is 0 Å². The van der Waals surface area contributed by atoms with Crippen molar-refractivity contribution < 1.29 is 14.6 Å². The van der Waals surface area contributed by atoms with E-state index in [2.05, 4.69) is 11.9 Å². The highest BCUT2D eigenvalue weighted by molar-refractivity contribution is 5.74. The third kappa shape index (κ3) is 1.84. The second-order valence-corrected chi connectivity index (χ2v) is 5.18. The van der Waals surface area contributed by atoms with Gasteiger partial charge >= 0.3 is 5.97 Å². The van der Waals surface area contributed by atoms with Crippen LogP contribution in [-0.2, 0) is 9.53 Å². The molecule has 1 saturated heterocycles. The van der Waals surface area contributed by atoms with Crippen LogP contribution in [-0.4, -0.2) is 48.8 Å². The topological polar surface area (TPSA) is 49.8 Å². The summed E-state index contributed by atoms with van der Waals surface area (Å²) in [5, 5.41) is 9.22. The Bertz CT molecular complexity index is 275. The van der Waals surface area contributed by atoms with Crippen molar-refractivity contribution in [1.82, 2.24) is 4.90 Å². The van der Waals surface area contributed by atoms with Gasteiger partial charge in [-0.1, -0.05) is 6.42 Å². The van der Waals surface area contributed by atoms with E-state index in [0.717, 1.165) is 25.8 Å². The zero-order valence-corrected chi connectivity index (χ0v) is 10.1. The first-order valence-corrected chi connectivity index (χ1v) is 6.07. The molecule has 2 fully saturated rings. The van der Waals surface area contributed by atoms with E-state index >= 15 is 0 Å². The molecule has 92 valence electrons. The van der Waals surface area contributed by atoms with Gasteiger partial charge in [0.15, 0.2) is 6.10 Å². The summed E-state index contributed by atoms with van der Waals surface area (Å²) in [5.74, 6) is -0.807. The van der Waals surface area contributed by atoms with Gasteiger partial charge in [0.25, 0.3) is 0 Å². The summed E-state index contributed by atoms with van der Waals surface area (Å²) >= 11 is 0. The molecule has 2 atom stereocenters. The molecule has 1 N–H and O–H groups in total. The SMILES string of the molecule is COC(C(=O)O)C1(C2CCCCN2C)CC1. The number of carbonyl (C=O) groups is 1. The third-order valence-electron chi connectivity index (χ3n) is 4.24. The number of carboxylic acids is 1. The van der Waals surface area contributed by atoms with Crippen molar-refractivity contribution >= 4 is 5.97 Å². The fourth-order valence-electron chi connectivity index (χ4n) is 3.30. The van der Waals surface area contributed by atoms with Crippen LogP contribution < -0.4 is 0 Å². The minimum absolute atomic E-state index is 0.115. The molecule has 1 heterocycles. The molecule has 0 aromatic rings. The van der Waals surface area contributed by atoms with E-state index < -0.39 is 12.1 Å². The first kappa shape index (κ1) is 11.9. The van der Waals surface area contributed by atoms with E-state index in [9.17, 15) is 9.90 Å². The molecule has 4 nitrogen and oxygen atoms in total. The van der Waals surface area contributed by atoms with E-state index in [1.54, 1.807) is 0 Å². The molecule has 0 spiro atoms. The number of hydrogen-bond donors (Lipinski definition) is 1. The molecule has 1 aliphatic heterocycles. The summed E-state index contributed by atoms with van der Waals surface area (Å²) in [4.78, 5) is 13.5. The molecule has 0 amide bonds. The second-order valence-electron chi connectivity index (χ2n) is 5.18. The van der Waals surface area contributed by atoms with Gasteiger partial charge in [0.2, 0.25) is 0 Å². The molecule has 2 aliphatic rings. The lowest BCUT2D eigenvalue weighted by Gasteiger charge is -2.40. The van der Waals surface area contributed by atoms with Crippen LogP contribution in [0.1, 0.15) is 32.1 Å². The van der Waals surface area contributed by atoms with Gasteiger partial charge in [-0.25, -0.2) is 4.79 Å². The number of carboxylic acid groups (broad SMARTS) is 1. The Morgan fingerprint density at radius 3 is 2.62 bits per heavy atom. The van der Waals surface area contributed by atoms with Gasteiger partial charge < -0.3 is 14.7 Å². The normalized spacial score (nSPS) is 31.0. The van der Waals surface area contributed by atoms with Crippen molar-refractivity contribution in [1.29, 1.82) is 0 Å². The van der Waals surface area contributed by atoms with E-state index in [1.807, 2.05) is 0 Å². The molecule has 0 bridgehead atoms. The Balaban J connectivity index is 2.14. The van der Waals surface area contributed by atoms with Crippen LogP contribution in [0, 0.1) is 5.41 Å². The van der Waals surface area contributed by atoms with Gasteiger partial charge in [0, 0.05) is 18.6 Å². The van der Waals surface area contributed by atoms with Crippen molar-refractivity contribution in [2.24, 2.45) is 5.41 Å². The van der Waals surface area contributed by atoms with Gasteiger partial charge in [0.1, 0.15) is 0 Å². The lowest BCUT2D eigenvalue weighted by Crippen LogP contribution is -2.50. The highest BCUT2D eigenvalue weighted by Crippen LogP contribution is 2.56. The first-order chi connectivity index (χ1) is 7.62. The molecule has 1 saturated carbocycles. The summed E-state index contributed by atoms with van der Waals surface area (Å²) < 4.78 is 5.21. The van der Waals surface area contributed by atoms with E-state index in [0.29, 0.717) is 6.04 Å². The van der Waals surface area contributed by atoms with Crippen LogP contribution in [0.5, 0.6) is 0 Å². The molecule has 4 heteroatoms. The van der Waals surface area contributed by atoms with Crippen LogP contribution in [0.25, 0.3) is 0 Å². The van der Waals surface area contributed by atoms with Gasteiger partial charge in [0.05, 0.1) is 0 Å². The summed E-state index contributed by atoms with van der Waals surface area (Å²) in [6, 6.07) is 0.391. The summed E-state index contributed by atoms with van der Waals surface area (Å²) in [6.45, 7) is 1.09. The van der Waals surface area contributed by atoms with Crippen molar-refractivity contribution in [3.8, 4) is 0 Å². The predicted molar refractivity (Wildman–Crippen MR) is 60.4 cm³/mol. The first-order valence-electron chi connectivity index (χ1n) is 6.07. The average molecular weight is 227 g/mol. The molecule has 2 unspecified atom stereocenters. The lowest BCUT2D eigenvalue weighted by molar-refractivity contribution is -0.156. The number of hydrogen-bond acceptors (Lipinski definition) is 3. The Morgan fingerprint density at radius 1 is 1.50 bits per heavy atom. The predicted octanol–water partition coefficient (Wildman–Crippen LogP) is 1.35. The highest BCUT2D eigenvalue weighted by Gasteiger charge is 2.59. The maximum atomic E-state index is 11.2. The number of likely N-dealkylation sites (tertiary alicyclic amines) is 1. The number of piperidine rings is 1. The van der Waals surface area contributed by atoms with Crippen molar-refractivity contribution in [3.63, 3.8) is 0 Å². The number of rotatable bonds is 4. The Hall–Kier alpha value is -0.610. The zero-order chi connectivity index (χ0) is 11.8. The quantitative estimate of drug-likeness (QED) is 0.787. The standard InChI is InChI=1S/C12H21NO3/c1-13-8-4-3-5-9(13)12(6-7-12)10(16-2)11(14)15/h9-10H,3-8H2,1-2H3,(H,14,15). The van der Waals surface area contributed by atoms with Crippen LogP contribution in [0.15, 0.2) is 0 Å². The smallest absolute Gasteiger partial charge is 0.333 e. The molecule has 2 rings (SSSR count). The average Bonchev–Trinajstić information content (AvgIpc) is 3.00. The molecular formula is C12H21NO3. The third-order valence-corrected chi connectivity index (χ3v) is 4.24. The maximum absolute atomic E-state index is 11.2. The zero-order valence-electron chi connectivity index (χ0n) is 10.1. The minimum Gasteiger partial charge on any atom is -0.479 e. The summed E-state index contributed by atoms with van der Waals surface area (Å²) in [7, 11) is 3.63. The Kier molecular flexibility index (Phi) is 3.22. The molecule has 0 aromatic heterocycles. The largest absolute Gasteiger partial charge is 0.479 e.